The Morgan fingerprint density at radius 1 is 1.35 bits per heavy atom. The lowest BCUT2D eigenvalue weighted by Gasteiger charge is -2.21. The average molecular weight is 242 g/mol. The molecule has 4 nitrogen and oxygen atoms in total. The van der Waals surface area contributed by atoms with Crippen molar-refractivity contribution in [1.82, 2.24) is 10.6 Å². The zero-order valence-corrected chi connectivity index (χ0v) is 10.9. The molecule has 0 bridgehead atoms. The summed E-state index contributed by atoms with van der Waals surface area (Å²) in [4.78, 5) is 11.5. The van der Waals surface area contributed by atoms with E-state index >= 15 is 0 Å². The Bertz CT molecular complexity index is 215. The molecule has 1 aliphatic carbocycles. The monoisotopic (exact) mass is 242 g/mol. The van der Waals surface area contributed by atoms with E-state index in [1.54, 1.807) is 0 Å². The highest BCUT2D eigenvalue weighted by molar-refractivity contribution is 5.74. The molecule has 1 rings (SSSR count). The van der Waals surface area contributed by atoms with Gasteiger partial charge < -0.3 is 15.7 Å². The SMILES string of the molecule is C[C@H](CCO)NC(=O)NCCC1CCCCC1. The molecule has 1 atom stereocenters. The molecule has 0 aromatic carbocycles. The molecule has 0 spiro atoms. The first-order valence-corrected chi connectivity index (χ1v) is 6.87. The molecule has 1 fully saturated rings. The average Bonchev–Trinajstić information content (AvgIpc) is 2.30. The summed E-state index contributed by atoms with van der Waals surface area (Å²) < 4.78 is 0. The Morgan fingerprint density at radius 2 is 2.06 bits per heavy atom. The van der Waals surface area contributed by atoms with Crippen molar-refractivity contribution in [1.29, 1.82) is 0 Å². The van der Waals surface area contributed by atoms with Gasteiger partial charge in [-0.15, -0.1) is 0 Å². The van der Waals surface area contributed by atoms with Crippen LogP contribution in [0.25, 0.3) is 0 Å². The van der Waals surface area contributed by atoms with Crippen molar-refractivity contribution in [3.63, 3.8) is 0 Å². The van der Waals surface area contributed by atoms with E-state index in [1.807, 2.05) is 6.92 Å². The lowest BCUT2D eigenvalue weighted by molar-refractivity contribution is 0.229. The standard InChI is InChI=1S/C13H26N2O2/c1-11(8-10-16)15-13(17)14-9-7-12-5-3-2-4-6-12/h11-12,16H,2-10H2,1H3,(H2,14,15,17)/t11-/m1/s1. The minimum atomic E-state index is -0.109. The summed E-state index contributed by atoms with van der Waals surface area (Å²) in [5.41, 5.74) is 0. The van der Waals surface area contributed by atoms with E-state index < -0.39 is 0 Å². The quantitative estimate of drug-likeness (QED) is 0.667. The third-order valence-electron chi connectivity index (χ3n) is 3.50. The minimum absolute atomic E-state index is 0.0367. The van der Waals surface area contributed by atoms with Crippen LogP contribution in [0.2, 0.25) is 0 Å². The van der Waals surface area contributed by atoms with Crippen molar-refractivity contribution in [2.45, 2.75) is 57.9 Å². The maximum Gasteiger partial charge on any atom is 0.314 e. The Hall–Kier alpha value is -0.770. The molecule has 2 amide bonds. The van der Waals surface area contributed by atoms with Crippen molar-refractivity contribution in [3.8, 4) is 0 Å². The van der Waals surface area contributed by atoms with Gasteiger partial charge in [-0.25, -0.2) is 4.79 Å². The van der Waals surface area contributed by atoms with Crippen molar-refractivity contribution < 1.29 is 9.90 Å². The molecule has 0 radical (unpaired) electrons. The fraction of sp³-hybridized carbons (Fsp3) is 0.923. The Labute approximate surface area is 104 Å². The van der Waals surface area contributed by atoms with Gasteiger partial charge >= 0.3 is 6.03 Å². The van der Waals surface area contributed by atoms with Crippen LogP contribution >= 0.6 is 0 Å². The van der Waals surface area contributed by atoms with Gasteiger partial charge in [0.1, 0.15) is 0 Å². The number of aliphatic hydroxyl groups is 1. The Kier molecular flexibility index (Phi) is 7.01. The highest BCUT2D eigenvalue weighted by Gasteiger charge is 2.13. The molecule has 0 heterocycles. The van der Waals surface area contributed by atoms with E-state index in [-0.39, 0.29) is 18.7 Å². The second kappa shape index (κ2) is 8.34. The molecule has 17 heavy (non-hydrogen) atoms. The van der Waals surface area contributed by atoms with E-state index in [4.69, 9.17) is 5.11 Å². The lowest BCUT2D eigenvalue weighted by Crippen LogP contribution is -2.41. The van der Waals surface area contributed by atoms with E-state index in [1.165, 1.54) is 32.1 Å². The van der Waals surface area contributed by atoms with Gasteiger partial charge in [-0.1, -0.05) is 32.1 Å². The first-order valence-electron chi connectivity index (χ1n) is 6.87. The summed E-state index contributed by atoms with van der Waals surface area (Å²) in [7, 11) is 0. The summed E-state index contributed by atoms with van der Waals surface area (Å²) >= 11 is 0. The third-order valence-corrected chi connectivity index (χ3v) is 3.50. The van der Waals surface area contributed by atoms with Crippen LogP contribution in [0.5, 0.6) is 0 Å². The summed E-state index contributed by atoms with van der Waals surface area (Å²) in [6.45, 7) is 2.78. The van der Waals surface area contributed by atoms with Crippen LogP contribution in [0.3, 0.4) is 0 Å². The van der Waals surface area contributed by atoms with E-state index in [2.05, 4.69) is 10.6 Å². The molecule has 4 heteroatoms. The molecule has 0 saturated heterocycles. The summed E-state index contributed by atoms with van der Waals surface area (Å²) in [5, 5.41) is 14.4. The number of amides is 2. The number of nitrogens with one attached hydrogen (secondary N) is 2. The summed E-state index contributed by atoms with van der Waals surface area (Å²) in [6, 6.07) is -0.0727. The minimum Gasteiger partial charge on any atom is -0.396 e. The molecule has 0 aromatic rings. The summed E-state index contributed by atoms with van der Waals surface area (Å²) in [6.07, 6.45) is 8.43. The lowest BCUT2D eigenvalue weighted by atomic mass is 9.87. The van der Waals surface area contributed by atoms with Gasteiger partial charge in [0.05, 0.1) is 0 Å². The van der Waals surface area contributed by atoms with Gasteiger partial charge in [0, 0.05) is 19.2 Å². The highest BCUT2D eigenvalue weighted by atomic mass is 16.3. The molecule has 100 valence electrons. The van der Waals surface area contributed by atoms with Crippen LogP contribution < -0.4 is 10.6 Å². The highest BCUT2D eigenvalue weighted by Crippen LogP contribution is 2.25. The van der Waals surface area contributed by atoms with E-state index in [0.717, 1.165) is 18.9 Å². The number of rotatable bonds is 6. The molecule has 1 aliphatic rings. The van der Waals surface area contributed by atoms with Crippen LogP contribution in [0.1, 0.15) is 51.9 Å². The van der Waals surface area contributed by atoms with Crippen LogP contribution in [0.4, 0.5) is 4.79 Å². The van der Waals surface area contributed by atoms with Crippen molar-refractivity contribution in [2.75, 3.05) is 13.2 Å². The van der Waals surface area contributed by atoms with E-state index in [0.29, 0.717) is 6.42 Å². The fourth-order valence-corrected chi connectivity index (χ4v) is 2.41. The van der Waals surface area contributed by atoms with Gasteiger partial charge in [-0.3, -0.25) is 0 Å². The smallest absolute Gasteiger partial charge is 0.314 e. The summed E-state index contributed by atoms with van der Waals surface area (Å²) in [5.74, 6) is 0.805. The largest absolute Gasteiger partial charge is 0.396 e. The maximum absolute atomic E-state index is 11.5. The number of carbonyl (C=O) groups excluding carboxylic acids is 1. The van der Waals surface area contributed by atoms with Crippen LogP contribution in [-0.2, 0) is 0 Å². The number of hydrogen-bond donors (Lipinski definition) is 3. The molecule has 0 aliphatic heterocycles. The van der Waals surface area contributed by atoms with Gasteiger partial charge in [0.2, 0.25) is 0 Å². The number of urea groups is 1. The molecule has 1 saturated carbocycles. The normalized spacial score (nSPS) is 18.7. The van der Waals surface area contributed by atoms with E-state index in [9.17, 15) is 4.79 Å². The van der Waals surface area contributed by atoms with Crippen molar-refractivity contribution >= 4 is 6.03 Å². The zero-order valence-electron chi connectivity index (χ0n) is 10.9. The molecular weight excluding hydrogens is 216 g/mol. The zero-order chi connectivity index (χ0) is 12.5. The van der Waals surface area contributed by atoms with Crippen molar-refractivity contribution in [3.05, 3.63) is 0 Å². The second-order valence-electron chi connectivity index (χ2n) is 5.11. The van der Waals surface area contributed by atoms with Crippen molar-refractivity contribution in [2.24, 2.45) is 5.92 Å². The van der Waals surface area contributed by atoms with Gasteiger partial charge in [-0.05, 0) is 25.7 Å². The second-order valence-corrected chi connectivity index (χ2v) is 5.11. The van der Waals surface area contributed by atoms with Crippen LogP contribution in [-0.4, -0.2) is 30.3 Å². The molecule has 0 aromatic heterocycles. The molecule has 3 N–H and O–H groups in total. The first kappa shape index (κ1) is 14.3. The molecule has 0 unspecified atom stereocenters. The van der Waals surface area contributed by atoms with Crippen LogP contribution in [0.15, 0.2) is 0 Å². The topological polar surface area (TPSA) is 61.4 Å². The number of carbonyl (C=O) groups is 1. The third kappa shape index (κ3) is 6.51. The fourth-order valence-electron chi connectivity index (χ4n) is 2.41. The van der Waals surface area contributed by atoms with Gasteiger partial charge in [0.25, 0.3) is 0 Å². The Balaban J connectivity index is 2.03. The molecular formula is C13H26N2O2. The maximum atomic E-state index is 11.5. The predicted octanol–water partition coefficient (Wildman–Crippen LogP) is 2.03. The first-order chi connectivity index (χ1) is 8.22. The van der Waals surface area contributed by atoms with Gasteiger partial charge in [0.15, 0.2) is 0 Å². The van der Waals surface area contributed by atoms with Gasteiger partial charge in [-0.2, -0.15) is 0 Å². The number of hydrogen-bond acceptors (Lipinski definition) is 2. The predicted molar refractivity (Wildman–Crippen MR) is 68.9 cm³/mol. The Morgan fingerprint density at radius 3 is 2.71 bits per heavy atom. The number of aliphatic hydroxyl groups excluding tert-OH is 1. The van der Waals surface area contributed by atoms with Crippen LogP contribution in [0, 0.1) is 5.92 Å².